The zero-order valence-corrected chi connectivity index (χ0v) is 29.1. The zero-order valence-electron chi connectivity index (χ0n) is 29.1. The van der Waals surface area contributed by atoms with Crippen molar-refractivity contribution in [3.8, 4) is 23.5 Å². The molecule has 272 valence electrons. The summed E-state index contributed by atoms with van der Waals surface area (Å²) >= 11 is 0. The van der Waals surface area contributed by atoms with Crippen molar-refractivity contribution >= 4 is 11.9 Å². The highest BCUT2D eigenvalue weighted by Gasteiger charge is 2.47. The number of benzene rings is 2. The second-order valence-electron chi connectivity index (χ2n) is 14.5. The summed E-state index contributed by atoms with van der Waals surface area (Å²) in [5.41, 5.74) is -0.515. The number of nitrogens with zero attached hydrogens (tertiary/aromatic N) is 2. The Morgan fingerprint density at radius 1 is 1.06 bits per heavy atom. The number of alkyl halides is 3. The maximum atomic E-state index is 15.9. The highest BCUT2D eigenvalue weighted by atomic mass is 19.4. The van der Waals surface area contributed by atoms with Crippen molar-refractivity contribution < 1.29 is 36.6 Å². The minimum Gasteiger partial charge on any atom is -0.481 e. The van der Waals surface area contributed by atoms with Crippen LogP contribution in [0.15, 0.2) is 41.3 Å². The third-order valence-electron chi connectivity index (χ3n) is 10.1. The molecule has 3 aromatic rings. The number of aryl methyl sites for hydroxylation is 2. The number of aromatic nitrogens is 1. The highest BCUT2D eigenvalue weighted by molar-refractivity contribution is 5.82. The quantitative estimate of drug-likeness (QED) is 0.151. The molecule has 2 aliphatic rings. The highest BCUT2D eigenvalue weighted by Crippen LogP contribution is 2.52. The summed E-state index contributed by atoms with van der Waals surface area (Å²) in [6.07, 6.45) is 4.36. The van der Waals surface area contributed by atoms with Gasteiger partial charge in [-0.1, -0.05) is 19.8 Å². The lowest BCUT2D eigenvalue weighted by molar-refractivity contribution is -0.139. The Morgan fingerprint density at radius 2 is 1.73 bits per heavy atom. The molecule has 0 radical (unpaired) electrons. The van der Waals surface area contributed by atoms with Crippen molar-refractivity contribution in [2.75, 3.05) is 19.6 Å². The van der Waals surface area contributed by atoms with Gasteiger partial charge in [-0.25, -0.2) is 8.78 Å². The lowest BCUT2D eigenvalue weighted by atomic mass is 9.90. The van der Waals surface area contributed by atoms with Gasteiger partial charge in [0, 0.05) is 30.9 Å². The first-order chi connectivity index (χ1) is 23.9. The number of pyridine rings is 1. The third kappa shape index (κ3) is 8.52. The lowest BCUT2D eigenvalue weighted by Gasteiger charge is -2.27. The molecule has 0 unspecified atom stereocenters. The zero-order chi connectivity index (χ0) is 37.4. The molecule has 12 heteroatoms. The molecule has 2 atom stereocenters. The molecule has 1 saturated carbocycles. The van der Waals surface area contributed by atoms with Gasteiger partial charge >= 0.3 is 12.1 Å². The largest absolute Gasteiger partial charge is 0.481 e. The van der Waals surface area contributed by atoms with Crippen LogP contribution in [-0.4, -0.2) is 46.1 Å². The summed E-state index contributed by atoms with van der Waals surface area (Å²) in [7, 11) is 0. The van der Waals surface area contributed by atoms with Crippen LogP contribution in [0.4, 0.5) is 22.0 Å². The number of terminal acetylenes is 1. The maximum Gasteiger partial charge on any atom is 0.416 e. The Hall–Kier alpha value is -4.50. The fourth-order valence-electron chi connectivity index (χ4n) is 7.37. The van der Waals surface area contributed by atoms with E-state index in [0.29, 0.717) is 34.9 Å². The first-order valence-electron chi connectivity index (χ1n) is 17.1. The van der Waals surface area contributed by atoms with Crippen molar-refractivity contribution in [2.24, 2.45) is 11.3 Å². The third-order valence-corrected chi connectivity index (χ3v) is 10.1. The van der Waals surface area contributed by atoms with Gasteiger partial charge in [0.05, 0.1) is 23.6 Å². The molecular formula is C39H42F5N3O4. The van der Waals surface area contributed by atoms with Crippen LogP contribution in [0.5, 0.6) is 0 Å². The van der Waals surface area contributed by atoms with Crippen molar-refractivity contribution in [1.29, 1.82) is 0 Å². The van der Waals surface area contributed by atoms with Crippen molar-refractivity contribution in [3.63, 3.8) is 0 Å². The number of rotatable bonds is 12. The fourth-order valence-corrected chi connectivity index (χ4v) is 7.37. The fraction of sp³-hybridized carbons (Fsp3) is 0.462. The van der Waals surface area contributed by atoms with E-state index in [-0.39, 0.29) is 40.9 Å². The van der Waals surface area contributed by atoms with Gasteiger partial charge in [0.15, 0.2) is 0 Å². The summed E-state index contributed by atoms with van der Waals surface area (Å²) in [6.45, 7) is 8.79. The van der Waals surface area contributed by atoms with E-state index in [0.717, 1.165) is 43.1 Å². The average Bonchev–Trinajstić information content (AvgIpc) is 3.67. The molecule has 1 aliphatic heterocycles. The summed E-state index contributed by atoms with van der Waals surface area (Å²) in [6, 6.07) is 2.97. The Bertz CT molecular complexity index is 1920. The number of carboxylic acids is 1. The number of carboxylic acid groups (broad SMARTS) is 1. The molecule has 51 heavy (non-hydrogen) atoms. The van der Waals surface area contributed by atoms with Gasteiger partial charge in [0.1, 0.15) is 17.7 Å². The summed E-state index contributed by atoms with van der Waals surface area (Å²) < 4.78 is 73.6. The first kappa shape index (κ1) is 37.7. The smallest absolute Gasteiger partial charge is 0.416 e. The van der Waals surface area contributed by atoms with Crippen LogP contribution in [0.25, 0.3) is 11.1 Å². The molecule has 1 saturated heterocycles. The van der Waals surface area contributed by atoms with E-state index in [1.807, 2.05) is 0 Å². The standard InChI is InChI=1S/C39H42F5N3O4/c1-6-25-16-27(35-23(4)14-28(40)15-24(35)5)17-29(36(25)41)31(19-34(49)50)45-37(51)32(13-22(2)3)47-20-26(30(18-33(47)48)39(42,43)44)7-11-46-12-10-38(21-46)8-9-38/h1,14-18,20,22,31-32H,7-13,19,21H2,2-5H3,(H,45,51)(H,49,50)/t31-,32+/m0/s1. The van der Waals surface area contributed by atoms with E-state index in [2.05, 4.69) is 16.1 Å². The van der Waals surface area contributed by atoms with Crippen LogP contribution in [0, 0.1) is 49.2 Å². The topological polar surface area (TPSA) is 91.6 Å². The van der Waals surface area contributed by atoms with Crippen LogP contribution in [0.1, 0.15) is 91.4 Å². The minimum absolute atomic E-state index is 0.00204. The number of halogens is 5. The van der Waals surface area contributed by atoms with Crippen LogP contribution < -0.4 is 10.9 Å². The molecule has 0 bridgehead atoms. The Balaban J connectivity index is 1.53. The van der Waals surface area contributed by atoms with E-state index in [9.17, 15) is 37.1 Å². The number of aliphatic carboxylic acids is 1. The van der Waals surface area contributed by atoms with Crippen molar-refractivity contribution in [2.45, 2.75) is 84.5 Å². The van der Waals surface area contributed by atoms with Crippen LogP contribution in [-0.2, 0) is 22.2 Å². The number of carbonyl (C=O) groups excluding carboxylic acids is 1. The van der Waals surface area contributed by atoms with Gasteiger partial charge in [-0.05, 0) is 116 Å². The van der Waals surface area contributed by atoms with Crippen LogP contribution in [0.2, 0.25) is 0 Å². The molecule has 2 aromatic carbocycles. The number of likely N-dealkylation sites (tertiary alicyclic amines) is 1. The summed E-state index contributed by atoms with van der Waals surface area (Å²) in [4.78, 5) is 41.7. The molecule has 1 spiro atoms. The van der Waals surface area contributed by atoms with Gasteiger partial charge in [-0.3, -0.25) is 14.4 Å². The Kier molecular flexibility index (Phi) is 10.8. The van der Waals surface area contributed by atoms with E-state index in [1.165, 1.54) is 24.3 Å². The van der Waals surface area contributed by atoms with Crippen molar-refractivity contribution in [1.82, 2.24) is 14.8 Å². The van der Waals surface area contributed by atoms with E-state index < -0.39 is 59.3 Å². The maximum absolute atomic E-state index is 15.9. The Morgan fingerprint density at radius 3 is 2.27 bits per heavy atom. The molecule has 1 aliphatic carbocycles. The van der Waals surface area contributed by atoms with E-state index >= 15 is 4.39 Å². The Labute approximate surface area is 293 Å². The predicted molar refractivity (Wildman–Crippen MR) is 183 cm³/mol. The molecule has 2 fully saturated rings. The van der Waals surface area contributed by atoms with E-state index in [4.69, 9.17) is 6.42 Å². The summed E-state index contributed by atoms with van der Waals surface area (Å²) in [5, 5.41) is 12.4. The molecular weight excluding hydrogens is 669 g/mol. The molecule has 2 N–H and O–H groups in total. The molecule has 1 amide bonds. The average molecular weight is 712 g/mol. The first-order valence-corrected chi connectivity index (χ1v) is 17.1. The van der Waals surface area contributed by atoms with Crippen LogP contribution in [0.3, 0.4) is 0 Å². The van der Waals surface area contributed by atoms with E-state index in [1.54, 1.807) is 27.7 Å². The van der Waals surface area contributed by atoms with Gasteiger partial charge in [0.2, 0.25) is 5.91 Å². The van der Waals surface area contributed by atoms with Gasteiger partial charge in [-0.2, -0.15) is 13.2 Å². The number of hydrogen-bond donors (Lipinski definition) is 2. The second kappa shape index (κ2) is 14.6. The minimum atomic E-state index is -4.81. The van der Waals surface area contributed by atoms with Gasteiger partial charge in [0.25, 0.3) is 5.56 Å². The SMILES string of the molecule is C#Cc1cc(-c2c(C)cc(F)cc2C)cc([C@H](CC(=O)O)NC(=O)[C@@H](CC(C)C)n2cc(CCN3CCC4(CC4)C3)c(C(F)(F)F)cc2=O)c1F. The van der Waals surface area contributed by atoms with Crippen molar-refractivity contribution in [3.05, 3.63) is 91.9 Å². The normalized spacial score (nSPS) is 16.6. The lowest BCUT2D eigenvalue weighted by Crippen LogP contribution is -2.41. The molecule has 5 rings (SSSR count). The van der Waals surface area contributed by atoms with Gasteiger partial charge < -0.3 is 19.9 Å². The summed E-state index contributed by atoms with van der Waals surface area (Å²) in [5.74, 6) is -1.67. The molecule has 2 heterocycles. The van der Waals surface area contributed by atoms with Gasteiger partial charge in [-0.15, -0.1) is 6.42 Å². The monoisotopic (exact) mass is 711 g/mol. The predicted octanol–water partition coefficient (Wildman–Crippen LogP) is 7.36. The number of amides is 1. The number of carbonyl (C=O) groups is 2. The second-order valence-corrected chi connectivity index (χ2v) is 14.5. The number of hydrogen-bond acceptors (Lipinski definition) is 4. The number of nitrogens with one attached hydrogen (secondary N) is 1. The molecule has 7 nitrogen and oxygen atoms in total. The van der Waals surface area contributed by atoms with Crippen LogP contribution >= 0.6 is 0 Å². The molecule has 1 aromatic heterocycles.